The summed E-state index contributed by atoms with van der Waals surface area (Å²) >= 11 is 0. The Morgan fingerprint density at radius 2 is 1.89 bits per heavy atom. The summed E-state index contributed by atoms with van der Waals surface area (Å²) in [5.41, 5.74) is 6.71. The number of nitrogens with two attached hydrogens (primary N) is 1. The standard InChI is InChI=1S/C13H22N2O2S/c1-9(2)11(4)8-15-18(16,17)13-10(3)6-5-7-12(13)14/h5-7,9,11,15H,8,14H2,1-4H3. The topological polar surface area (TPSA) is 72.2 Å². The lowest BCUT2D eigenvalue weighted by atomic mass is 9.99. The number of hydrogen-bond donors (Lipinski definition) is 2. The van der Waals surface area contributed by atoms with Gasteiger partial charge in [-0.2, -0.15) is 0 Å². The Bertz CT molecular complexity index is 489. The second-order valence-electron chi connectivity index (χ2n) is 5.07. The summed E-state index contributed by atoms with van der Waals surface area (Å²) in [6.07, 6.45) is 0. The van der Waals surface area contributed by atoms with Crippen molar-refractivity contribution in [1.82, 2.24) is 4.72 Å². The van der Waals surface area contributed by atoms with E-state index in [-0.39, 0.29) is 10.8 Å². The second-order valence-corrected chi connectivity index (χ2v) is 6.77. The molecule has 0 aliphatic rings. The Hall–Kier alpha value is -1.07. The van der Waals surface area contributed by atoms with Crippen LogP contribution in [-0.2, 0) is 10.0 Å². The Morgan fingerprint density at radius 1 is 1.28 bits per heavy atom. The minimum atomic E-state index is -3.53. The summed E-state index contributed by atoms with van der Waals surface area (Å²) in [6.45, 7) is 8.33. The van der Waals surface area contributed by atoms with Crippen molar-refractivity contribution >= 4 is 15.7 Å². The van der Waals surface area contributed by atoms with E-state index >= 15 is 0 Å². The highest BCUT2D eigenvalue weighted by molar-refractivity contribution is 7.89. The maximum Gasteiger partial charge on any atom is 0.242 e. The van der Waals surface area contributed by atoms with E-state index in [0.29, 0.717) is 23.7 Å². The fourth-order valence-corrected chi connectivity index (χ4v) is 3.09. The summed E-state index contributed by atoms with van der Waals surface area (Å²) in [7, 11) is -3.53. The summed E-state index contributed by atoms with van der Waals surface area (Å²) in [4.78, 5) is 0.195. The van der Waals surface area contributed by atoms with Crippen LogP contribution in [0.1, 0.15) is 26.3 Å². The van der Waals surface area contributed by atoms with Gasteiger partial charge in [0.1, 0.15) is 4.90 Å². The normalized spacial score (nSPS) is 13.8. The molecular formula is C13H22N2O2S. The SMILES string of the molecule is Cc1cccc(N)c1S(=O)(=O)NCC(C)C(C)C. The molecule has 1 aromatic carbocycles. The highest BCUT2D eigenvalue weighted by Crippen LogP contribution is 2.22. The zero-order chi connectivity index (χ0) is 13.9. The molecule has 0 bridgehead atoms. The molecule has 0 spiro atoms. The smallest absolute Gasteiger partial charge is 0.242 e. The largest absolute Gasteiger partial charge is 0.398 e. The third-order valence-electron chi connectivity index (χ3n) is 3.24. The highest BCUT2D eigenvalue weighted by Gasteiger charge is 2.20. The Labute approximate surface area is 110 Å². The van der Waals surface area contributed by atoms with E-state index in [9.17, 15) is 8.42 Å². The number of benzene rings is 1. The average molecular weight is 270 g/mol. The molecular weight excluding hydrogens is 248 g/mol. The van der Waals surface area contributed by atoms with Gasteiger partial charge in [0, 0.05) is 6.54 Å². The van der Waals surface area contributed by atoms with E-state index in [2.05, 4.69) is 18.6 Å². The predicted molar refractivity (Wildman–Crippen MR) is 74.8 cm³/mol. The first-order valence-corrected chi connectivity index (χ1v) is 7.58. The number of aryl methyl sites for hydroxylation is 1. The molecule has 0 amide bonds. The molecule has 102 valence electrons. The number of nitrogens with one attached hydrogen (secondary N) is 1. The maximum atomic E-state index is 12.2. The van der Waals surface area contributed by atoms with Crippen molar-refractivity contribution in [2.75, 3.05) is 12.3 Å². The van der Waals surface area contributed by atoms with Crippen molar-refractivity contribution in [2.24, 2.45) is 11.8 Å². The second kappa shape index (κ2) is 5.71. The molecule has 1 aromatic rings. The molecule has 0 heterocycles. The van der Waals surface area contributed by atoms with Crippen LogP contribution in [0, 0.1) is 18.8 Å². The van der Waals surface area contributed by atoms with Crippen LogP contribution in [-0.4, -0.2) is 15.0 Å². The van der Waals surface area contributed by atoms with Crippen LogP contribution in [0.15, 0.2) is 23.1 Å². The van der Waals surface area contributed by atoms with Gasteiger partial charge in [0.25, 0.3) is 0 Å². The molecule has 1 rings (SSSR count). The lowest BCUT2D eigenvalue weighted by Crippen LogP contribution is -2.31. The third-order valence-corrected chi connectivity index (χ3v) is 4.89. The van der Waals surface area contributed by atoms with Gasteiger partial charge in [-0.1, -0.05) is 32.9 Å². The summed E-state index contributed by atoms with van der Waals surface area (Å²) < 4.78 is 27.0. The molecule has 3 N–H and O–H groups in total. The minimum Gasteiger partial charge on any atom is -0.398 e. The lowest BCUT2D eigenvalue weighted by molar-refractivity contribution is 0.414. The number of rotatable bonds is 5. The predicted octanol–water partition coefficient (Wildman–Crippen LogP) is 2.15. The van der Waals surface area contributed by atoms with Gasteiger partial charge in [-0.05, 0) is 30.4 Å². The first kappa shape index (κ1) is 15.0. The molecule has 18 heavy (non-hydrogen) atoms. The Balaban J connectivity index is 2.94. The Kier molecular flexibility index (Phi) is 4.76. The van der Waals surface area contributed by atoms with Crippen LogP contribution in [0.3, 0.4) is 0 Å². The van der Waals surface area contributed by atoms with E-state index in [1.54, 1.807) is 25.1 Å². The van der Waals surface area contributed by atoms with Gasteiger partial charge >= 0.3 is 0 Å². The molecule has 0 saturated carbocycles. The van der Waals surface area contributed by atoms with Gasteiger partial charge in [0.05, 0.1) is 5.69 Å². The van der Waals surface area contributed by atoms with Crippen molar-refractivity contribution in [3.05, 3.63) is 23.8 Å². The van der Waals surface area contributed by atoms with Crippen molar-refractivity contribution in [1.29, 1.82) is 0 Å². The summed E-state index contributed by atoms with van der Waals surface area (Å²) in [5.74, 6) is 0.715. The summed E-state index contributed by atoms with van der Waals surface area (Å²) in [6, 6.07) is 5.10. The van der Waals surface area contributed by atoms with Gasteiger partial charge in [-0.15, -0.1) is 0 Å². The van der Waals surface area contributed by atoms with Crippen LogP contribution in [0.4, 0.5) is 5.69 Å². The lowest BCUT2D eigenvalue weighted by Gasteiger charge is -2.17. The molecule has 1 unspecified atom stereocenters. The van der Waals surface area contributed by atoms with E-state index < -0.39 is 10.0 Å². The molecule has 0 fully saturated rings. The van der Waals surface area contributed by atoms with Crippen LogP contribution >= 0.6 is 0 Å². The molecule has 0 radical (unpaired) electrons. The van der Waals surface area contributed by atoms with Crippen LogP contribution in [0.2, 0.25) is 0 Å². The van der Waals surface area contributed by atoms with Gasteiger partial charge in [0.15, 0.2) is 0 Å². The van der Waals surface area contributed by atoms with Crippen LogP contribution in [0.25, 0.3) is 0 Å². The number of hydrogen-bond acceptors (Lipinski definition) is 3. The van der Waals surface area contributed by atoms with E-state index in [0.717, 1.165) is 0 Å². The third kappa shape index (κ3) is 3.46. The Morgan fingerprint density at radius 3 is 2.39 bits per heavy atom. The number of anilines is 1. The maximum absolute atomic E-state index is 12.2. The zero-order valence-electron chi connectivity index (χ0n) is 11.4. The molecule has 5 heteroatoms. The number of nitrogen functional groups attached to an aromatic ring is 1. The average Bonchev–Trinajstić information content (AvgIpc) is 2.25. The van der Waals surface area contributed by atoms with Crippen molar-refractivity contribution in [3.63, 3.8) is 0 Å². The van der Waals surface area contributed by atoms with Gasteiger partial charge in [0.2, 0.25) is 10.0 Å². The molecule has 0 aliphatic heterocycles. The van der Waals surface area contributed by atoms with Crippen LogP contribution in [0.5, 0.6) is 0 Å². The van der Waals surface area contributed by atoms with E-state index in [1.165, 1.54) is 0 Å². The molecule has 0 aromatic heterocycles. The first-order chi connectivity index (χ1) is 8.25. The van der Waals surface area contributed by atoms with Crippen molar-refractivity contribution in [2.45, 2.75) is 32.6 Å². The fraction of sp³-hybridized carbons (Fsp3) is 0.538. The van der Waals surface area contributed by atoms with E-state index in [1.807, 2.05) is 6.92 Å². The minimum absolute atomic E-state index is 0.195. The molecule has 0 saturated heterocycles. The van der Waals surface area contributed by atoms with E-state index in [4.69, 9.17) is 5.73 Å². The van der Waals surface area contributed by atoms with Gasteiger partial charge in [-0.25, -0.2) is 13.1 Å². The highest BCUT2D eigenvalue weighted by atomic mass is 32.2. The summed E-state index contributed by atoms with van der Waals surface area (Å²) in [5, 5.41) is 0. The zero-order valence-corrected chi connectivity index (χ0v) is 12.2. The quantitative estimate of drug-likeness (QED) is 0.805. The molecule has 1 atom stereocenters. The van der Waals surface area contributed by atoms with Gasteiger partial charge < -0.3 is 5.73 Å². The van der Waals surface area contributed by atoms with Gasteiger partial charge in [-0.3, -0.25) is 0 Å². The number of sulfonamides is 1. The van der Waals surface area contributed by atoms with Crippen molar-refractivity contribution < 1.29 is 8.42 Å². The first-order valence-electron chi connectivity index (χ1n) is 6.10. The monoisotopic (exact) mass is 270 g/mol. The molecule has 0 aliphatic carbocycles. The van der Waals surface area contributed by atoms with Crippen molar-refractivity contribution in [3.8, 4) is 0 Å². The van der Waals surface area contributed by atoms with Crippen LogP contribution < -0.4 is 10.5 Å². The fourth-order valence-electron chi connectivity index (χ4n) is 1.59. The molecule has 4 nitrogen and oxygen atoms in total.